The zero-order valence-corrected chi connectivity index (χ0v) is 21.6. The average Bonchev–Trinajstić information content (AvgIpc) is 3.43. The largest absolute Gasteiger partial charge is 0.349 e. The molecule has 3 aromatic rings. The first kappa shape index (κ1) is 25.4. The molecule has 2 amide bonds. The SMILES string of the molecule is CC(=O)N(C)CCC(=O)N[C@@H](CCN1[C@@H]2CC[C@H]1C[C@H](n1cnc3c(F)cccc31)C2)c1ccccc1. The first-order chi connectivity index (χ1) is 17.9. The molecule has 2 aromatic carbocycles. The van der Waals surface area contributed by atoms with Crippen molar-refractivity contribution < 1.29 is 14.0 Å². The van der Waals surface area contributed by atoms with Gasteiger partial charge in [-0.05, 0) is 49.8 Å². The summed E-state index contributed by atoms with van der Waals surface area (Å²) >= 11 is 0. The number of halogens is 1. The molecule has 0 unspecified atom stereocenters. The van der Waals surface area contributed by atoms with Crippen LogP contribution in [0, 0.1) is 5.82 Å². The lowest BCUT2D eigenvalue weighted by atomic mass is 9.95. The highest BCUT2D eigenvalue weighted by molar-refractivity contribution is 5.78. The van der Waals surface area contributed by atoms with Crippen LogP contribution in [-0.2, 0) is 9.59 Å². The number of carbonyl (C=O) groups is 2. The summed E-state index contributed by atoms with van der Waals surface area (Å²) in [4.78, 5) is 32.8. The minimum absolute atomic E-state index is 0.0390. The van der Waals surface area contributed by atoms with E-state index < -0.39 is 0 Å². The summed E-state index contributed by atoms with van der Waals surface area (Å²) in [5.74, 6) is -0.346. The van der Waals surface area contributed by atoms with Crippen molar-refractivity contribution in [3.8, 4) is 0 Å². The van der Waals surface area contributed by atoms with Gasteiger partial charge in [0.15, 0.2) is 5.82 Å². The number of piperidine rings is 1. The van der Waals surface area contributed by atoms with Crippen LogP contribution < -0.4 is 5.32 Å². The highest BCUT2D eigenvalue weighted by Gasteiger charge is 2.41. The molecule has 1 aromatic heterocycles. The van der Waals surface area contributed by atoms with Crippen LogP contribution in [0.2, 0.25) is 0 Å². The Hall–Kier alpha value is -3.26. The van der Waals surface area contributed by atoms with Gasteiger partial charge >= 0.3 is 0 Å². The lowest BCUT2D eigenvalue weighted by Gasteiger charge is -2.40. The van der Waals surface area contributed by atoms with Gasteiger partial charge in [0.1, 0.15) is 5.52 Å². The number of benzene rings is 2. The number of carbonyl (C=O) groups excluding carboxylic acids is 2. The van der Waals surface area contributed by atoms with Gasteiger partial charge in [-0.2, -0.15) is 0 Å². The van der Waals surface area contributed by atoms with Gasteiger partial charge < -0.3 is 14.8 Å². The van der Waals surface area contributed by atoms with Crippen molar-refractivity contribution in [2.75, 3.05) is 20.1 Å². The summed E-state index contributed by atoms with van der Waals surface area (Å²) in [6.07, 6.45) is 7.31. The quantitative estimate of drug-likeness (QED) is 0.466. The molecule has 2 saturated heterocycles. The third-order valence-electron chi connectivity index (χ3n) is 8.23. The van der Waals surface area contributed by atoms with Gasteiger partial charge in [-0.15, -0.1) is 0 Å². The van der Waals surface area contributed by atoms with E-state index in [-0.39, 0.29) is 30.1 Å². The van der Waals surface area contributed by atoms with Gasteiger partial charge in [0.05, 0.1) is 17.9 Å². The number of nitrogens with zero attached hydrogens (tertiary/aromatic N) is 4. The Morgan fingerprint density at radius 1 is 1.08 bits per heavy atom. The van der Waals surface area contributed by atoms with Gasteiger partial charge in [-0.25, -0.2) is 9.37 Å². The summed E-state index contributed by atoms with van der Waals surface area (Å²) in [5.41, 5.74) is 2.43. The summed E-state index contributed by atoms with van der Waals surface area (Å²) in [7, 11) is 1.72. The van der Waals surface area contributed by atoms with Gasteiger partial charge in [-0.3, -0.25) is 14.5 Å². The van der Waals surface area contributed by atoms with Crippen molar-refractivity contribution in [1.82, 2.24) is 24.7 Å². The van der Waals surface area contributed by atoms with Crippen LogP contribution in [0.4, 0.5) is 4.39 Å². The van der Waals surface area contributed by atoms with Crippen molar-refractivity contribution >= 4 is 22.8 Å². The molecule has 5 rings (SSSR count). The second kappa shape index (κ2) is 11.0. The molecule has 0 radical (unpaired) electrons. The van der Waals surface area contributed by atoms with Crippen LogP contribution in [-0.4, -0.2) is 63.4 Å². The first-order valence-electron chi connectivity index (χ1n) is 13.3. The van der Waals surface area contributed by atoms with Gasteiger partial charge in [-0.1, -0.05) is 36.4 Å². The van der Waals surface area contributed by atoms with Crippen LogP contribution in [0.5, 0.6) is 0 Å². The Kier molecular flexibility index (Phi) is 7.55. The van der Waals surface area contributed by atoms with E-state index in [9.17, 15) is 14.0 Å². The lowest BCUT2D eigenvalue weighted by molar-refractivity contribution is -0.128. The molecular formula is C29H36FN5O2. The fraction of sp³-hybridized carbons (Fsp3) is 0.483. The van der Waals surface area contributed by atoms with E-state index in [0.717, 1.165) is 36.9 Å². The summed E-state index contributed by atoms with van der Waals surface area (Å²) in [5, 5.41) is 3.22. The number of hydrogen-bond acceptors (Lipinski definition) is 4. The maximum Gasteiger partial charge on any atom is 0.222 e. The van der Waals surface area contributed by atoms with E-state index >= 15 is 0 Å². The number of imidazole rings is 1. The third kappa shape index (κ3) is 5.54. The number of hydrogen-bond donors (Lipinski definition) is 1. The van der Waals surface area contributed by atoms with Crippen LogP contribution in [0.3, 0.4) is 0 Å². The molecule has 37 heavy (non-hydrogen) atoms. The van der Waals surface area contributed by atoms with Gasteiger partial charge in [0.2, 0.25) is 11.8 Å². The smallest absolute Gasteiger partial charge is 0.222 e. The predicted molar refractivity (Wildman–Crippen MR) is 141 cm³/mol. The molecule has 0 spiro atoms. The molecule has 2 aliphatic rings. The molecule has 0 saturated carbocycles. The molecule has 3 heterocycles. The number of para-hydroxylation sites is 1. The fourth-order valence-corrected chi connectivity index (χ4v) is 6.13. The van der Waals surface area contributed by atoms with Crippen molar-refractivity contribution in [2.45, 2.75) is 69.6 Å². The molecule has 2 fully saturated rings. The lowest BCUT2D eigenvalue weighted by Crippen LogP contribution is -2.44. The zero-order valence-electron chi connectivity index (χ0n) is 21.6. The second-order valence-electron chi connectivity index (χ2n) is 10.5. The number of nitrogens with one attached hydrogen (secondary N) is 1. The van der Waals surface area contributed by atoms with Gasteiger partial charge in [0, 0.05) is 51.6 Å². The molecule has 0 aliphatic carbocycles. The zero-order chi connectivity index (χ0) is 25.9. The Bertz CT molecular complexity index is 1230. The van der Waals surface area contributed by atoms with E-state index in [2.05, 4.69) is 31.9 Å². The summed E-state index contributed by atoms with van der Waals surface area (Å²) in [6, 6.07) is 16.5. The minimum Gasteiger partial charge on any atom is -0.349 e. The van der Waals surface area contributed by atoms with Crippen LogP contribution in [0.25, 0.3) is 11.0 Å². The molecule has 8 heteroatoms. The molecular weight excluding hydrogens is 469 g/mol. The van der Waals surface area contributed by atoms with Gasteiger partial charge in [0.25, 0.3) is 0 Å². The normalized spacial score (nSPS) is 22.2. The number of rotatable bonds is 9. The summed E-state index contributed by atoms with van der Waals surface area (Å²) in [6.45, 7) is 2.83. The number of amides is 2. The molecule has 196 valence electrons. The Morgan fingerprint density at radius 3 is 2.51 bits per heavy atom. The Balaban J connectivity index is 1.23. The van der Waals surface area contributed by atoms with E-state index in [1.165, 1.54) is 25.8 Å². The van der Waals surface area contributed by atoms with Crippen molar-refractivity contribution in [3.05, 3.63) is 66.2 Å². The summed E-state index contributed by atoms with van der Waals surface area (Å²) < 4.78 is 16.4. The molecule has 2 bridgehead atoms. The standard InChI is InChI=1S/C29H36FN5O2/c1-20(36)33(2)15-14-28(37)32-26(21-7-4-3-5-8-21)13-16-34-22-11-12-23(34)18-24(17-22)35-19-31-29-25(30)9-6-10-27(29)35/h3-10,19,22-24,26H,11-18H2,1-2H3,(H,32,37)/t22-,23+,24-,26-/m0/s1. The predicted octanol–water partition coefficient (Wildman–Crippen LogP) is 4.46. The first-order valence-corrected chi connectivity index (χ1v) is 13.3. The van der Waals surface area contributed by atoms with Crippen LogP contribution in [0.15, 0.2) is 54.9 Å². The molecule has 1 N–H and O–H groups in total. The fourth-order valence-electron chi connectivity index (χ4n) is 6.13. The second-order valence-corrected chi connectivity index (χ2v) is 10.5. The maximum absolute atomic E-state index is 14.2. The maximum atomic E-state index is 14.2. The van der Waals surface area contributed by atoms with E-state index in [0.29, 0.717) is 30.2 Å². The minimum atomic E-state index is -0.265. The molecule has 2 aliphatic heterocycles. The number of aromatic nitrogens is 2. The Labute approximate surface area is 217 Å². The van der Waals surface area contributed by atoms with Crippen LogP contribution in [0.1, 0.15) is 63.1 Å². The third-order valence-corrected chi connectivity index (χ3v) is 8.23. The Morgan fingerprint density at radius 2 is 1.81 bits per heavy atom. The van der Waals surface area contributed by atoms with E-state index in [1.54, 1.807) is 24.3 Å². The topological polar surface area (TPSA) is 70.5 Å². The van der Waals surface area contributed by atoms with Crippen LogP contribution >= 0.6 is 0 Å². The van der Waals surface area contributed by atoms with Crippen molar-refractivity contribution in [1.29, 1.82) is 0 Å². The molecule has 4 atom stereocenters. The van der Waals surface area contributed by atoms with E-state index in [1.807, 2.05) is 24.3 Å². The number of fused-ring (bicyclic) bond motifs is 3. The van der Waals surface area contributed by atoms with E-state index in [4.69, 9.17) is 0 Å². The highest BCUT2D eigenvalue weighted by atomic mass is 19.1. The molecule has 7 nitrogen and oxygen atoms in total. The monoisotopic (exact) mass is 505 g/mol. The average molecular weight is 506 g/mol. The highest BCUT2D eigenvalue weighted by Crippen LogP contribution is 2.42. The van der Waals surface area contributed by atoms with Crippen molar-refractivity contribution in [3.63, 3.8) is 0 Å². The van der Waals surface area contributed by atoms with Crippen molar-refractivity contribution in [2.24, 2.45) is 0 Å².